The van der Waals surface area contributed by atoms with Crippen LogP contribution in [0.2, 0.25) is 13.1 Å². The Kier molecular flexibility index (Phi) is 4.36. The first kappa shape index (κ1) is 16.9. The van der Waals surface area contributed by atoms with Crippen molar-refractivity contribution >= 4 is 24.9 Å². The van der Waals surface area contributed by atoms with Crippen LogP contribution in [0.3, 0.4) is 0 Å². The first-order valence-electron chi connectivity index (χ1n) is 8.56. The largest absolute Gasteiger partial charge is 0.462 e. The lowest BCUT2D eigenvalue weighted by atomic mass is 10.1. The van der Waals surface area contributed by atoms with Crippen LogP contribution in [-0.2, 0) is 11.3 Å². The quantitative estimate of drug-likeness (QED) is 0.486. The number of carbonyl (C=O) groups excluding carboxylic acids is 1. The number of quaternary nitrogens is 1. The summed E-state index contributed by atoms with van der Waals surface area (Å²) in [6.45, 7) is 8.15. The highest BCUT2D eigenvalue weighted by Crippen LogP contribution is 2.30. The van der Waals surface area contributed by atoms with Crippen molar-refractivity contribution in [2.24, 2.45) is 0 Å². The molecule has 3 nitrogen and oxygen atoms in total. The molecule has 24 heavy (non-hydrogen) atoms. The SMILES string of the molecule is CCOC(=O)c1ccc([N+]2(C)Cc3ccccc3[Si](C)(C)C2)cc1. The number of hydrogen-bond donors (Lipinski definition) is 0. The highest BCUT2D eigenvalue weighted by atomic mass is 28.3. The van der Waals surface area contributed by atoms with Crippen molar-refractivity contribution in [3.63, 3.8) is 0 Å². The molecular weight excluding hydrogens is 314 g/mol. The molecule has 0 N–H and O–H groups in total. The molecule has 0 amide bonds. The van der Waals surface area contributed by atoms with Gasteiger partial charge >= 0.3 is 5.97 Å². The summed E-state index contributed by atoms with van der Waals surface area (Å²) < 4.78 is 5.98. The third-order valence-electron chi connectivity index (χ3n) is 5.01. The fourth-order valence-electron chi connectivity index (χ4n) is 4.06. The number of carbonyl (C=O) groups is 1. The van der Waals surface area contributed by atoms with E-state index in [0.717, 1.165) is 11.0 Å². The minimum absolute atomic E-state index is 0.245. The zero-order valence-corrected chi connectivity index (χ0v) is 16.0. The predicted molar refractivity (Wildman–Crippen MR) is 102 cm³/mol. The van der Waals surface area contributed by atoms with E-state index in [2.05, 4.69) is 56.5 Å². The molecular formula is C20H26NO2Si+. The number of benzene rings is 2. The van der Waals surface area contributed by atoms with Crippen LogP contribution in [-0.4, -0.2) is 33.9 Å². The smallest absolute Gasteiger partial charge is 0.338 e. The van der Waals surface area contributed by atoms with Crippen molar-refractivity contribution in [1.82, 2.24) is 4.48 Å². The molecule has 3 rings (SSSR count). The van der Waals surface area contributed by atoms with Crippen molar-refractivity contribution in [2.75, 3.05) is 19.8 Å². The number of rotatable bonds is 3. The second-order valence-electron chi connectivity index (χ2n) is 7.52. The summed E-state index contributed by atoms with van der Waals surface area (Å²) in [6.07, 6.45) is 1.17. The third kappa shape index (κ3) is 3.04. The van der Waals surface area contributed by atoms with E-state index in [1.165, 1.54) is 17.4 Å². The molecule has 1 heterocycles. The van der Waals surface area contributed by atoms with Crippen molar-refractivity contribution in [3.8, 4) is 0 Å². The van der Waals surface area contributed by atoms with Gasteiger partial charge in [0.05, 0.1) is 25.4 Å². The molecule has 4 heteroatoms. The molecule has 0 saturated heterocycles. The lowest BCUT2D eigenvalue weighted by Gasteiger charge is -2.44. The summed E-state index contributed by atoms with van der Waals surface area (Å²) in [5.74, 6) is -0.245. The summed E-state index contributed by atoms with van der Waals surface area (Å²) >= 11 is 0. The molecule has 0 spiro atoms. The number of nitrogens with zero attached hydrogens (tertiary/aromatic N) is 1. The van der Waals surface area contributed by atoms with Gasteiger partial charge in [0.15, 0.2) is 0 Å². The Bertz CT molecular complexity index is 754. The van der Waals surface area contributed by atoms with Gasteiger partial charge in [0.2, 0.25) is 0 Å². The molecule has 0 aromatic heterocycles. The zero-order valence-electron chi connectivity index (χ0n) is 15.0. The Labute approximate surface area is 145 Å². The van der Waals surface area contributed by atoms with Crippen molar-refractivity contribution in [1.29, 1.82) is 0 Å². The van der Waals surface area contributed by atoms with Crippen molar-refractivity contribution in [2.45, 2.75) is 26.6 Å². The van der Waals surface area contributed by atoms with Crippen LogP contribution >= 0.6 is 0 Å². The van der Waals surface area contributed by atoms with E-state index >= 15 is 0 Å². The molecule has 1 aliphatic heterocycles. The van der Waals surface area contributed by atoms with Crippen LogP contribution in [0.15, 0.2) is 48.5 Å². The Morgan fingerprint density at radius 3 is 2.46 bits per heavy atom. The van der Waals surface area contributed by atoms with Gasteiger partial charge in [0.1, 0.15) is 20.3 Å². The molecule has 126 valence electrons. The van der Waals surface area contributed by atoms with Gasteiger partial charge in [0, 0.05) is 5.56 Å². The molecule has 0 radical (unpaired) electrons. The summed E-state index contributed by atoms with van der Waals surface area (Å²) in [5, 5.41) is 1.59. The van der Waals surface area contributed by atoms with Gasteiger partial charge in [-0.15, -0.1) is 0 Å². The number of hydrogen-bond acceptors (Lipinski definition) is 2. The highest BCUT2D eigenvalue weighted by molar-refractivity contribution is 6.90. The van der Waals surface area contributed by atoms with E-state index in [9.17, 15) is 4.79 Å². The summed E-state index contributed by atoms with van der Waals surface area (Å²) in [7, 11) is 0.813. The van der Waals surface area contributed by atoms with Crippen molar-refractivity contribution < 1.29 is 9.53 Å². The maximum absolute atomic E-state index is 11.9. The third-order valence-corrected chi connectivity index (χ3v) is 8.45. The summed E-state index contributed by atoms with van der Waals surface area (Å²) in [5.41, 5.74) is 3.36. The normalized spacial score (nSPS) is 21.8. The summed E-state index contributed by atoms with van der Waals surface area (Å²) in [6, 6.07) is 16.9. The number of esters is 1. The first-order chi connectivity index (χ1) is 11.4. The van der Waals surface area contributed by atoms with E-state index in [1.54, 1.807) is 5.19 Å². The van der Waals surface area contributed by atoms with Gasteiger partial charge in [-0.3, -0.25) is 4.48 Å². The van der Waals surface area contributed by atoms with E-state index in [-0.39, 0.29) is 5.97 Å². The number of fused-ring (bicyclic) bond motifs is 1. The van der Waals surface area contributed by atoms with Crippen molar-refractivity contribution in [3.05, 3.63) is 59.7 Å². The fraction of sp³-hybridized carbons (Fsp3) is 0.350. The molecule has 1 atom stereocenters. The molecule has 0 aliphatic carbocycles. The standard InChI is InChI=1S/C20H26NO2Si/c1-5-23-20(22)16-10-12-18(13-11-16)21(2)14-17-8-6-7-9-19(17)24(3,4)15-21/h6-13H,5,14-15H2,1-4H3/q+1. The maximum Gasteiger partial charge on any atom is 0.338 e. The van der Waals surface area contributed by atoms with Crippen LogP contribution in [0, 0.1) is 0 Å². The van der Waals surface area contributed by atoms with Crippen LogP contribution in [0.5, 0.6) is 0 Å². The van der Waals surface area contributed by atoms with E-state index in [4.69, 9.17) is 4.74 Å². The van der Waals surface area contributed by atoms with Gasteiger partial charge in [-0.05, 0) is 36.4 Å². The molecule has 1 unspecified atom stereocenters. The first-order valence-corrected chi connectivity index (χ1v) is 11.8. The lowest BCUT2D eigenvalue weighted by Crippen LogP contribution is -2.65. The minimum atomic E-state index is -1.50. The fourth-order valence-corrected chi connectivity index (χ4v) is 7.85. The zero-order chi connectivity index (χ0) is 17.4. The van der Waals surface area contributed by atoms with Crippen LogP contribution in [0.1, 0.15) is 22.8 Å². The molecule has 0 fully saturated rings. The van der Waals surface area contributed by atoms with Gasteiger partial charge in [0.25, 0.3) is 0 Å². The Hall–Kier alpha value is -1.91. The molecule has 1 aliphatic rings. The topological polar surface area (TPSA) is 26.3 Å². The average molecular weight is 341 g/mol. The second-order valence-corrected chi connectivity index (χ2v) is 12.1. The van der Waals surface area contributed by atoms with E-state index in [0.29, 0.717) is 12.2 Å². The van der Waals surface area contributed by atoms with E-state index < -0.39 is 8.07 Å². The second kappa shape index (κ2) is 6.19. The van der Waals surface area contributed by atoms with Gasteiger partial charge < -0.3 is 4.74 Å². The van der Waals surface area contributed by atoms with E-state index in [1.807, 2.05) is 19.1 Å². The number of ether oxygens (including phenoxy) is 1. The molecule has 2 aromatic rings. The Morgan fingerprint density at radius 2 is 1.79 bits per heavy atom. The monoisotopic (exact) mass is 340 g/mol. The van der Waals surface area contributed by atoms with Gasteiger partial charge in [-0.2, -0.15) is 0 Å². The van der Waals surface area contributed by atoms with Crippen LogP contribution in [0.4, 0.5) is 5.69 Å². The van der Waals surface area contributed by atoms with Gasteiger partial charge in [-0.25, -0.2) is 4.79 Å². The minimum Gasteiger partial charge on any atom is -0.462 e. The van der Waals surface area contributed by atoms with Crippen LogP contribution in [0.25, 0.3) is 0 Å². The highest BCUT2D eigenvalue weighted by Gasteiger charge is 2.42. The lowest BCUT2D eigenvalue weighted by molar-refractivity contribution is 0.0526. The van der Waals surface area contributed by atoms with Gasteiger partial charge in [-0.1, -0.05) is 37.4 Å². The summed E-state index contributed by atoms with van der Waals surface area (Å²) in [4.78, 5) is 11.9. The Balaban J connectivity index is 1.93. The molecule has 2 aromatic carbocycles. The molecule has 0 saturated carbocycles. The Morgan fingerprint density at radius 1 is 1.12 bits per heavy atom. The maximum atomic E-state index is 11.9. The average Bonchev–Trinajstić information content (AvgIpc) is 2.54. The van der Waals surface area contributed by atoms with Crippen LogP contribution < -0.4 is 9.67 Å². The molecule has 0 bridgehead atoms. The predicted octanol–water partition coefficient (Wildman–Crippen LogP) is 3.47.